The molecule has 0 aromatic rings. The van der Waals surface area contributed by atoms with Gasteiger partial charge in [-0.3, -0.25) is 14.9 Å². The fourth-order valence-corrected chi connectivity index (χ4v) is 1.31. The van der Waals surface area contributed by atoms with Crippen LogP contribution in [0.2, 0.25) is 0 Å². The van der Waals surface area contributed by atoms with Gasteiger partial charge in [0.15, 0.2) is 6.04 Å². The number of halogens is 3. The fraction of sp³-hybridized carbons (Fsp3) is 0.833. The SMILES string of the molecule is O=C1CC[C@@H]([N+](=O)[O-])[C@H](C(F)(F)F)N1. The van der Waals surface area contributed by atoms with E-state index < -0.39 is 29.1 Å². The van der Waals surface area contributed by atoms with E-state index in [1.54, 1.807) is 5.32 Å². The van der Waals surface area contributed by atoms with Gasteiger partial charge in [0.25, 0.3) is 0 Å². The van der Waals surface area contributed by atoms with E-state index in [0.717, 1.165) is 0 Å². The van der Waals surface area contributed by atoms with E-state index in [9.17, 15) is 28.1 Å². The predicted molar refractivity (Wildman–Crippen MR) is 38.0 cm³/mol. The van der Waals surface area contributed by atoms with Crippen molar-refractivity contribution in [3.63, 3.8) is 0 Å². The van der Waals surface area contributed by atoms with E-state index in [1.807, 2.05) is 0 Å². The third-order valence-corrected chi connectivity index (χ3v) is 1.99. The minimum Gasteiger partial charge on any atom is -0.339 e. The molecule has 1 fully saturated rings. The van der Waals surface area contributed by atoms with Gasteiger partial charge in [-0.15, -0.1) is 0 Å². The van der Waals surface area contributed by atoms with E-state index in [4.69, 9.17) is 0 Å². The van der Waals surface area contributed by atoms with E-state index >= 15 is 0 Å². The van der Waals surface area contributed by atoms with Gasteiger partial charge in [-0.05, 0) is 0 Å². The predicted octanol–water partition coefficient (Wildman–Crippen LogP) is 0.473. The summed E-state index contributed by atoms with van der Waals surface area (Å²) in [7, 11) is 0. The minimum absolute atomic E-state index is 0.238. The van der Waals surface area contributed by atoms with Crippen molar-refractivity contribution >= 4 is 5.91 Å². The van der Waals surface area contributed by atoms with Crippen LogP contribution in [0.25, 0.3) is 0 Å². The fourth-order valence-electron chi connectivity index (χ4n) is 1.31. The first-order valence-electron chi connectivity index (χ1n) is 3.82. The Balaban J connectivity index is 2.84. The monoisotopic (exact) mass is 212 g/mol. The highest BCUT2D eigenvalue weighted by atomic mass is 19.4. The first-order valence-corrected chi connectivity index (χ1v) is 3.82. The molecule has 1 N–H and O–H groups in total. The molecule has 1 aliphatic rings. The van der Waals surface area contributed by atoms with Crippen LogP contribution in [0.4, 0.5) is 13.2 Å². The average molecular weight is 212 g/mol. The number of nitro groups is 1. The third kappa shape index (κ3) is 2.12. The second kappa shape index (κ2) is 3.43. The minimum atomic E-state index is -4.77. The molecule has 1 heterocycles. The Labute approximate surface area is 76.4 Å². The highest BCUT2D eigenvalue weighted by molar-refractivity contribution is 5.77. The Kier molecular flexibility index (Phi) is 2.63. The smallest absolute Gasteiger partial charge is 0.339 e. The number of hydrogen-bond donors (Lipinski definition) is 1. The van der Waals surface area contributed by atoms with Crippen LogP contribution in [-0.4, -0.2) is 29.1 Å². The number of nitrogens with one attached hydrogen (secondary N) is 1. The molecule has 0 unspecified atom stereocenters. The maximum atomic E-state index is 12.2. The number of carbonyl (C=O) groups is 1. The summed E-state index contributed by atoms with van der Waals surface area (Å²) in [5.41, 5.74) is 0. The van der Waals surface area contributed by atoms with Gasteiger partial charge in [0.05, 0.1) is 0 Å². The lowest BCUT2D eigenvalue weighted by atomic mass is 9.98. The topological polar surface area (TPSA) is 72.2 Å². The average Bonchev–Trinajstić information content (AvgIpc) is 2.01. The zero-order valence-corrected chi connectivity index (χ0v) is 6.87. The van der Waals surface area contributed by atoms with Crippen LogP contribution in [0, 0.1) is 10.1 Å². The second-order valence-corrected chi connectivity index (χ2v) is 2.98. The van der Waals surface area contributed by atoms with E-state index in [1.165, 1.54) is 0 Å². The Morgan fingerprint density at radius 2 is 2.07 bits per heavy atom. The Morgan fingerprint density at radius 1 is 1.50 bits per heavy atom. The second-order valence-electron chi connectivity index (χ2n) is 2.98. The zero-order valence-electron chi connectivity index (χ0n) is 6.87. The van der Waals surface area contributed by atoms with Crippen LogP contribution >= 0.6 is 0 Å². The van der Waals surface area contributed by atoms with Gasteiger partial charge in [0.1, 0.15) is 0 Å². The molecular weight excluding hydrogens is 205 g/mol. The lowest BCUT2D eigenvalue weighted by molar-refractivity contribution is -0.536. The molecule has 1 rings (SSSR count). The molecule has 0 aliphatic carbocycles. The summed E-state index contributed by atoms with van der Waals surface area (Å²) in [6.45, 7) is 0. The van der Waals surface area contributed by atoms with E-state index in [0.29, 0.717) is 0 Å². The molecule has 14 heavy (non-hydrogen) atoms. The van der Waals surface area contributed by atoms with Gasteiger partial charge in [-0.25, -0.2) is 0 Å². The van der Waals surface area contributed by atoms with Crippen LogP contribution in [0.5, 0.6) is 0 Å². The van der Waals surface area contributed by atoms with E-state index in [2.05, 4.69) is 0 Å². The number of amides is 1. The van der Waals surface area contributed by atoms with Gasteiger partial charge < -0.3 is 5.32 Å². The molecule has 1 aliphatic heterocycles. The molecule has 8 heteroatoms. The van der Waals surface area contributed by atoms with Crippen LogP contribution in [0.15, 0.2) is 0 Å². The highest BCUT2D eigenvalue weighted by Crippen LogP contribution is 2.28. The molecule has 0 radical (unpaired) electrons. The van der Waals surface area contributed by atoms with Crippen molar-refractivity contribution < 1.29 is 22.9 Å². The van der Waals surface area contributed by atoms with Crippen molar-refractivity contribution in [3.05, 3.63) is 10.1 Å². The Bertz CT molecular complexity index is 266. The summed E-state index contributed by atoms with van der Waals surface area (Å²) in [6, 6.07) is -4.13. The van der Waals surface area contributed by atoms with Gasteiger partial charge in [0, 0.05) is 17.8 Å². The van der Waals surface area contributed by atoms with Gasteiger partial charge >= 0.3 is 6.18 Å². The van der Waals surface area contributed by atoms with Crippen LogP contribution < -0.4 is 5.32 Å². The largest absolute Gasteiger partial charge is 0.415 e. The Hall–Kier alpha value is -1.34. The molecule has 5 nitrogen and oxygen atoms in total. The van der Waals surface area contributed by atoms with Gasteiger partial charge in [0.2, 0.25) is 11.9 Å². The highest BCUT2D eigenvalue weighted by Gasteiger charge is 2.53. The van der Waals surface area contributed by atoms with Gasteiger partial charge in [-0.2, -0.15) is 13.2 Å². The summed E-state index contributed by atoms with van der Waals surface area (Å²) in [5.74, 6) is -0.801. The summed E-state index contributed by atoms with van der Waals surface area (Å²) in [6.07, 6.45) is -5.38. The van der Waals surface area contributed by atoms with E-state index in [-0.39, 0.29) is 12.8 Å². The summed E-state index contributed by atoms with van der Waals surface area (Å²) < 4.78 is 36.6. The third-order valence-electron chi connectivity index (χ3n) is 1.99. The summed E-state index contributed by atoms with van der Waals surface area (Å²) in [5, 5.41) is 11.9. The van der Waals surface area contributed by atoms with Crippen LogP contribution in [0.1, 0.15) is 12.8 Å². The molecule has 1 amide bonds. The molecule has 0 aromatic heterocycles. The number of alkyl halides is 3. The molecule has 1 saturated heterocycles. The van der Waals surface area contributed by atoms with Crippen molar-refractivity contribution in [2.24, 2.45) is 0 Å². The van der Waals surface area contributed by atoms with Crippen LogP contribution in [0.3, 0.4) is 0 Å². The molecule has 0 aromatic carbocycles. The quantitative estimate of drug-likeness (QED) is 0.507. The van der Waals surface area contributed by atoms with Gasteiger partial charge in [-0.1, -0.05) is 0 Å². The molecule has 0 saturated carbocycles. The normalized spacial score (nSPS) is 28.4. The van der Waals surface area contributed by atoms with Crippen molar-refractivity contribution in [1.29, 1.82) is 0 Å². The zero-order chi connectivity index (χ0) is 10.9. The standard InChI is InChI=1S/C6H7F3N2O3/c7-6(8,9)5-3(11(13)14)1-2-4(12)10-5/h3,5H,1-2H2,(H,10,12)/t3-,5-/m1/s1. The summed E-state index contributed by atoms with van der Waals surface area (Å²) >= 11 is 0. The molecule has 80 valence electrons. The lowest BCUT2D eigenvalue weighted by Crippen LogP contribution is -2.58. The number of piperidine rings is 1. The van der Waals surface area contributed by atoms with Crippen LogP contribution in [-0.2, 0) is 4.79 Å². The number of rotatable bonds is 1. The van der Waals surface area contributed by atoms with Crippen molar-refractivity contribution in [2.75, 3.05) is 0 Å². The lowest BCUT2D eigenvalue weighted by Gasteiger charge is -2.27. The number of carbonyl (C=O) groups excluding carboxylic acids is 1. The first-order chi connectivity index (χ1) is 6.32. The van der Waals surface area contributed by atoms with Crippen molar-refractivity contribution in [2.45, 2.75) is 31.1 Å². The molecule has 0 bridgehead atoms. The number of hydrogen-bond acceptors (Lipinski definition) is 3. The van der Waals surface area contributed by atoms with Crippen molar-refractivity contribution in [1.82, 2.24) is 5.32 Å². The molecule has 2 atom stereocenters. The first kappa shape index (κ1) is 10.7. The maximum absolute atomic E-state index is 12.2. The summed E-state index contributed by atoms with van der Waals surface area (Å²) in [4.78, 5) is 19.9. The molecular formula is C6H7F3N2O3. The number of nitrogens with zero attached hydrogens (tertiary/aromatic N) is 1. The molecule has 0 spiro atoms. The Morgan fingerprint density at radius 3 is 2.50 bits per heavy atom. The maximum Gasteiger partial charge on any atom is 0.415 e. The van der Waals surface area contributed by atoms with Crippen molar-refractivity contribution in [3.8, 4) is 0 Å².